The third-order valence-corrected chi connectivity index (χ3v) is 6.57. The predicted molar refractivity (Wildman–Crippen MR) is 126 cm³/mol. The van der Waals surface area contributed by atoms with E-state index in [0.717, 1.165) is 35.7 Å². The number of urea groups is 1. The summed E-state index contributed by atoms with van der Waals surface area (Å²) >= 11 is 15.6. The van der Waals surface area contributed by atoms with Crippen molar-refractivity contribution in [2.75, 3.05) is 0 Å². The summed E-state index contributed by atoms with van der Waals surface area (Å²) in [7, 11) is 0. The van der Waals surface area contributed by atoms with Crippen LogP contribution in [0.1, 0.15) is 36.8 Å². The first kappa shape index (κ1) is 22.8. The van der Waals surface area contributed by atoms with E-state index < -0.39 is 17.8 Å². The largest absolute Gasteiger partial charge is 0.488 e. The number of hydrogen-bond donors (Lipinski definition) is 1. The first-order valence-electron chi connectivity index (χ1n) is 10.1. The molecule has 0 radical (unpaired) electrons. The molecule has 32 heavy (non-hydrogen) atoms. The third kappa shape index (κ3) is 4.85. The van der Waals surface area contributed by atoms with E-state index in [1.54, 1.807) is 36.4 Å². The third-order valence-electron chi connectivity index (χ3n) is 5.49. The maximum atomic E-state index is 13.1. The summed E-state index contributed by atoms with van der Waals surface area (Å²) in [6, 6.07) is 9.52. The Morgan fingerprint density at radius 1 is 1.09 bits per heavy atom. The Hall–Kier alpha value is -2.35. The van der Waals surface area contributed by atoms with Crippen molar-refractivity contribution in [3.8, 4) is 5.75 Å². The molecule has 4 rings (SSSR count). The second-order valence-electron chi connectivity index (χ2n) is 7.64. The zero-order chi connectivity index (χ0) is 22.8. The highest BCUT2D eigenvalue weighted by atomic mass is 79.9. The van der Waals surface area contributed by atoms with Crippen molar-refractivity contribution in [3.63, 3.8) is 0 Å². The van der Waals surface area contributed by atoms with Gasteiger partial charge in [0.05, 0.1) is 0 Å². The number of halogens is 3. The molecule has 166 valence electrons. The normalized spacial score (nSPS) is 18.4. The van der Waals surface area contributed by atoms with Gasteiger partial charge in [-0.1, -0.05) is 58.0 Å². The van der Waals surface area contributed by atoms with Crippen LogP contribution in [-0.2, 0) is 16.2 Å². The van der Waals surface area contributed by atoms with E-state index in [1.807, 2.05) is 0 Å². The molecule has 2 aromatic carbocycles. The highest BCUT2D eigenvalue weighted by Gasteiger charge is 2.40. The molecule has 1 saturated carbocycles. The Bertz CT molecular complexity index is 1130. The second kappa shape index (κ2) is 9.65. The van der Waals surface area contributed by atoms with Crippen LogP contribution in [0.3, 0.4) is 0 Å². The van der Waals surface area contributed by atoms with Crippen molar-refractivity contribution in [1.29, 1.82) is 0 Å². The lowest BCUT2D eigenvalue weighted by Crippen LogP contribution is -2.57. The van der Waals surface area contributed by atoms with Gasteiger partial charge in [0.2, 0.25) is 0 Å². The highest BCUT2D eigenvalue weighted by molar-refractivity contribution is 9.10. The minimum atomic E-state index is -0.721. The van der Waals surface area contributed by atoms with Gasteiger partial charge in [0.25, 0.3) is 11.8 Å². The molecule has 9 heteroatoms. The zero-order valence-electron chi connectivity index (χ0n) is 16.9. The number of nitrogens with one attached hydrogen (secondary N) is 1. The van der Waals surface area contributed by atoms with Crippen LogP contribution in [0.25, 0.3) is 6.08 Å². The second-order valence-corrected chi connectivity index (χ2v) is 9.40. The Morgan fingerprint density at radius 3 is 2.56 bits per heavy atom. The number of nitrogens with zero attached hydrogens (tertiary/aromatic N) is 1. The molecular formula is C23H19BrCl2N2O4. The lowest BCUT2D eigenvalue weighted by atomic mass is 10.0. The molecule has 0 spiro atoms. The maximum Gasteiger partial charge on any atom is 0.331 e. The van der Waals surface area contributed by atoms with Crippen molar-refractivity contribution in [3.05, 3.63) is 67.6 Å². The molecule has 0 aromatic heterocycles. The molecular weight excluding hydrogens is 519 g/mol. The predicted octanol–water partition coefficient (Wildman–Crippen LogP) is 5.74. The molecule has 2 aromatic rings. The number of carbonyl (C=O) groups is 3. The van der Waals surface area contributed by atoms with Crippen LogP contribution in [0.5, 0.6) is 5.75 Å². The van der Waals surface area contributed by atoms with Crippen molar-refractivity contribution in [2.24, 2.45) is 0 Å². The number of amides is 4. The van der Waals surface area contributed by atoms with Crippen LogP contribution in [0.2, 0.25) is 10.0 Å². The Morgan fingerprint density at radius 2 is 1.84 bits per heavy atom. The molecule has 0 bridgehead atoms. The molecule has 4 amide bonds. The fourth-order valence-electron chi connectivity index (χ4n) is 3.88. The highest BCUT2D eigenvalue weighted by Crippen LogP contribution is 2.31. The molecule has 1 N–H and O–H groups in total. The van der Waals surface area contributed by atoms with Gasteiger partial charge in [-0.15, -0.1) is 0 Å². The van der Waals surface area contributed by atoms with Gasteiger partial charge in [-0.2, -0.15) is 0 Å². The first-order chi connectivity index (χ1) is 15.3. The Kier molecular flexibility index (Phi) is 6.88. The summed E-state index contributed by atoms with van der Waals surface area (Å²) in [5, 5.41) is 3.29. The number of barbiturate groups is 1. The van der Waals surface area contributed by atoms with E-state index >= 15 is 0 Å². The maximum absolute atomic E-state index is 13.1. The number of ether oxygens (including phenoxy) is 1. The van der Waals surface area contributed by atoms with Gasteiger partial charge in [0.15, 0.2) is 0 Å². The molecule has 1 heterocycles. The zero-order valence-corrected chi connectivity index (χ0v) is 20.0. The minimum absolute atomic E-state index is 0.107. The number of rotatable bonds is 5. The van der Waals surface area contributed by atoms with Crippen molar-refractivity contribution in [1.82, 2.24) is 10.2 Å². The fraction of sp³-hybridized carbons (Fsp3) is 0.261. The van der Waals surface area contributed by atoms with Gasteiger partial charge in [0, 0.05) is 31.7 Å². The smallest absolute Gasteiger partial charge is 0.331 e. The summed E-state index contributed by atoms with van der Waals surface area (Å²) in [5.41, 5.74) is 1.15. The van der Waals surface area contributed by atoms with Crippen LogP contribution in [0, 0.1) is 0 Å². The molecule has 2 fully saturated rings. The average molecular weight is 538 g/mol. The van der Waals surface area contributed by atoms with E-state index in [1.165, 1.54) is 11.0 Å². The van der Waals surface area contributed by atoms with Crippen LogP contribution in [0.4, 0.5) is 4.79 Å². The van der Waals surface area contributed by atoms with Gasteiger partial charge in [-0.25, -0.2) is 4.79 Å². The van der Waals surface area contributed by atoms with Crippen molar-refractivity contribution < 1.29 is 19.1 Å². The fourth-order valence-corrected chi connectivity index (χ4v) is 4.72. The molecule has 0 atom stereocenters. The standard InChI is InChI=1S/C23H19BrCl2N2O4/c24-15-6-8-20(32-12-13-5-7-16(25)11-19(13)26)14(9-15)10-18-21(29)27-23(31)28(22(18)30)17-3-1-2-4-17/h5-11,17H,1-4,12H2,(H,27,29,31)/b18-10+. The van der Waals surface area contributed by atoms with Crippen molar-refractivity contribution in [2.45, 2.75) is 38.3 Å². The van der Waals surface area contributed by atoms with Gasteiger partial charge in [-0.3, -0.25) is 19.8 Å². The summed E-state index contributed by atoms with van der Waals surface area (Å²) < 4.78 is 6.69. The molecule has 1 saturated heterocycles. The number of hydrogen-bond acceptors (Lipinski definition) is 4. The van der Waals surface area contributed by atoms with E-state index in [9.17, 15) is 14.4 Å². The van der Waals surface area contributed by atoms with Crippen LogP contribution >= 0.6 is 39.1 Å². The Labute approximate surface area is 203 Å². The summed E-state index contributed by atoms with van der Waals surface area (Å²) in [6.07, 6.45) is 4.84. The number of carbonyl (C=O) groups excluding carboxylic acids is 3. The summed E-state index contributed by atoms with van der Waals surface area (Å²) in [6.45, 7) is 0.167. The average Bonchev–Trinajstić information content (AvgIpc) is 3.25. The van der Waals surface area contributed by atoms with Crippen LogP contribution in [-0.4, -0.2) is 28.8 Å². The quantitative estimate of drug-likeness (QED) is 0.390. The van der Waals surface area contributed by atoms with Crippen LogP contribution < -0.4 is 10.1 Å². The molecule has 1 aliphatic carbocycles. The van der Waals surface area contributed by atoms with Crippen LogP contribution in [0.15, 0.2) is 46.4 Å². The molecule has 2 aliphatic rings. The minimum Gasteiger partial charge on any atom is -0.488 e. The monoisotopic (exact) mass is 536 g/mol. The van der Waals surface area contributed by atoms with Gasteiger partial charge >= 0.3 is 6.03 Å². The van der Waals surface area contributed by atoms with Gasteiger partial charge < -0.3 is 4.74 Å². The Balaban J connectivity index is 1.63. The lowest BCUT2D eigenvalue weighted by molar-refractivity contribution is -0.131. The lowest BCUT2D eigenvalue weighted by Gasteiger charge is -2.31. The van der Waals surface area contributed by atoms with E-state index in [2.05, 4.69) is 21.2 Å². The topological polar surface area (TPSA) is 75.7 Å². The van der Waals surface area contributed by atoms with E-state index in [4.69, 9.17) is 27.9 Å². The first-order valence-corrected chi connectivity index (χ1v) is 11.6. The summed E-state index contributed by atoms with van der Waals surface area (Å²) in [5.74, 6) is -0.852. The van der Waals surface area contributed by atoms with E-state index in [-0.39, 0.29) is 18.2 Å². The summed E-state index contributed by atoms with van der Waals surface area (Å²) in [4.78, 5) is 39.1. The molecule has 1 aliphatic heterocycles. The molecule has 0 unspecified atom stereocenters. The van der Waals surface area contributed by atoms with Gasteiger partial charge in [-0.05, 0) is 49.2 Å². The number of benzene rings is 2. The van der Waals surface area contributed by atoms with E-state index in [0.29, 0.717) is 21.4 Å². The van der Waals surface area contributed by atoms with Gasteiger partial charge in [0.1, 0.15) is 17.9 Å². The molecule has 6 nitrogen and oxygen atoms in total. The van der Waals surface area contributed by atoms with Crippen molar-refractivity contribution >= 4 is 63.1 Å². The number of imide groups is 2. The SMILES string of the molecule is O=C1NC(=O)N(C2CCCC2)C(=O)/C1=C/c1cc(Br)ccc1OCc1ccc(Cl)cc1Cl.